The lowest BCUT2D eigenvalue weighted by Gasteiger charge is -2.32. The number of piperidine rings is 1. The first kappa shape index (κ1) is 16.2. The third-order valence-electron chi connectivity index (χ3n) is 4.19. The van der Waals surface area contributed by atoms with Crippen molar-refractivity contribution in [1.29, 1.82) is 0 Å². The number of ether oxygens (including phenoxy) is 1. The molecule has 1 fully saturated rings. The van der Waals surface area contributed by atoms with E-state index in [0.717, 1.165) is 18.6 Å². The minimum atomic E-state index is -0.322. The SMILES string of the molecule is Cc1c(F)cccc1NC(=O)N1CCC(Oc2ccncc2)CC1. The van der Waals surface area contributed by atoms with Crippen molar-refractivity contribution in [3.63, 3.8) is 0 Å². The van der Waals surface area contributed by atoms with Gasteiger partial charge < -0.3 is 15.0 Å². The van der Waals surface area contributed by atoms with Crippen molar-refractivity contribution in [2.75, 3.05) is 18.4 Å². The maximum absolute atomic E-state index is 13.5. The zero-order valence-electron chi connectivity index (χ0n) is 13.5. The highest BCUT2D eigenvalue weighted by atomic mass is 19.1. The standard InChI is InChI=1S/C18H20FN3O2/c1-13-16(19)3-2-4-17(13)21-18(23)22-11-7-15(8-12-22)24-14-5-9-20-10-6-14/h2-6,9-10,15H,7-8,11-12H2,1H3,(H,21,23). The van der Waals surface area contributed by atoms with E-state index in [1.165, 1.54) is 6.07 Å². The van der Waals surface area contributed by atoms with Crippen molar-refractivity contribution in [3.8, 4) is 5.75 Å². The molecule has 0 spiro atoms. The van der Waals surface area contributed by atoms with Crippen LogP contribution in [0.3, 0.4) is 0 Å². The van der Waals surface area contributed by atoms with Crippen LogP contribution in [0.4, 0.5) is 14.9 Å². The predicted molar refractivity (Wildman–Crippen MR) is 89.6 cm³/mol. The van der Waals surface area contributed by atoms with Crippen LogP contribution in [0.25, 0.3) is 0 Å². The molecule has 0 saturated carbocycles. The number of halogens is 1. The number of hydrogen-bond acceptors (Lipinski definition) is 3. The molecular formula is C18H20FN3O2. The Kier molecular flexibility index (Phi) is 4.93. The summed E-state index contributed by atoms with van der Waals surface area (Å²) in [7, 11) is 0. The Balaban J connectivity index is 1.52. The average Bonchev–Trinajstić information content (AvgIpc) is 2.60. The Morgan fingerprint density at radius 2 is 1.96 bits per heavy atom. The summed E-state index contributed by atoms with van der Waals surface area (Å²) in [5, 5.41) is 2.78. The molecule has 2 aromatic rings. The van der Waals surface area contributed by atoms with Gasteiger partial charge in [-0.05, 0) is 31.2 Å². The van der Waals surface area contributed by atoms with Crippen LogP contribution in [0.5, 0.6) is 5.75 Å². The summed E-state index contributed by atoms with van der Waals surface area (Å²) >= 11 is 0. The van der Waals surface area contributed by atoms with Gasteiger partial charge in [-0.15, -0.1) is 0 Å². The molecule has 1 N–H and O–H groups in total. The Morgan fingerprint density at radius 3 is 2.67 bits per heavy atom. The van der Waals surface area contributed by atoms with Gasteiger partial charge in [-0.3, -0.25) is 4.98 Å². The van der Waals surface area contributed by atoms with E-state index in [1.54, 1.807) is 36.4 Å². The van der Waals surface area contributed by atoms with Crippen molar-refractivity contribution in [1.82, 2.24) is 9.88 Å². The smallest absolute Gasteiger partial charge is 0.321 e. The number of nitrogens with one attached hydrogen (secondary N) is 1. The van der Waals surface area contributed by atoms with Crippen molar-refractivity contribution in [2.45, 2.75) is 25.9 Å². The molecule has 0 atom stereocenters. The molecule has 0 aliphatic carbocycles. The lowest BCUT2D eigenvalue weighted by atomic mass is 10.1. The fourth-order valence-corrected chi connectivity index (χ4v) is 2.72. The monoisotopic (exact) mass is 329 g/mol. The lowest BCUT2D eigenvalue weighted by Crippen LogP contribution is -2.43. The third-order valence-corrected chi connectivity index (χ3v) is 4.19. The average molecular weight is 329 g/mol. The number of pyridine rings is 1. The molecule has 24 heavy (non-hydrogen) atoms. The van der Waals surface area contributed by atoms with Crippen LogP contribution in [0.15, 0.2) is 42.7 Å². The number of anilines is 1. The van der Waals surface area contributed by atoms with Gasteiger partial charge >= 0.3 is 6.03 Å². The van der Waals surface area contributed by atoms with Crippen molar-refractivity contribution in [3.05, 3.63) is 54.1 Å². The second-order valence-corrected chi connectivity index (χ2v) is 5.83. The van der Waals surface area contributed by atoms with E-state index in [1.807, 2.05) is 12.1 Å². The molecule has 1 aromatic carbocycles. The molecule has 0 unspecified atom stereocenters. The van der Waals surface area contributed by atoms with Gasteiger partial charge in [0.05, 0.1) is 0 Å². The Morgan fingerprint density at radius 1 is 1.25 bits per heavy atom. The van der Waals surface area contributed by atoms with E-state index >= 15 is 0 Å². The van der Waals surface area contributed by atoms with Gasteiger partial charge in [0, 0.05) is 49.6 Å². The minimum Gasteiger partial charge on any atom is -0.490 e. The number of benzene rings is 1. The number of amides is 2. The van der Waals surface area contributed by atoms with Crippen LogP contribution in [0, 0.1) is 12.7 Å². The molecule has 0 bridgehead atoms. The first-order valence-corrected chi connectivity index (χ1v) is 8.01. The molecule has 1 aliphatic heterocycles. The van der Waals surface area contributed by atoms with E-state index in [4.69, 9.17) is 4.74 Å². The van der Waals surface area contributed by atoms with Gasteiger partial charge in [0.25, 0.3) is 0 Å². The topological polar surface area (TPSA) is 54.5 Å². The molecule has 1 aliphatic rings. The number of rotatable bonds is 3. The first-order valence-electron chi connectivity index (χ1n) is 8.01. The lowest BCUT2D eigenvalue weighted by molar-refractivity contribution is 0.115. The van der Waals surface area contributed by atoms with Crippen molar-refractivity contribution >= 4 is 11.7 Å². The quantitative estimate of drug-likeness (QED) is 0.936. The molecule has 5 nitrogen and oxygen atoms in total. The molecule has 126 valence electrons. The largest absolute Gasteiger partial charge is 0.490 e. The number of urea groups is 1. The van der Waals surface area contributed by atoms with Crippen LogP contribution in [0.1, 0.15) is 18.4 Å². The van der Waals surface area contributed by atoms with Gasteiger partial charge in [0.15, 0.2) is 0 Å². The summed E-state index contributed by atoms with van der Waals surface area (Å²) in [5.41, 5.74) is 0.955. The molecule has 1 saturated heterocycles. The number of likely N-dealkylation sites (tertiary alicyclic amines) is 1. The highest BCUT2D eigenvalue weighted by molar-refractivity contribution is 5.90. The van der Waals surface area contributed by atoms with Gasteiger partial charge in [-0.25, -0.2) is 9.18 Å². The van der Waals surface area contributed by atoms with Crippen LogP contribution < -0.4 is 10.1 Å². The van der Waals surface area contributed by atoms with Gasteiger partial charge in [-0.1, -0.05) is 6.07 Å². The molecule has 2 heterocycles. The Hall–Kier alpha value is -2.63. The van der Waals surface area contributed by atoms with Crippen molar-refractivity contribution in [2.24, 2.45) is 0 Å². The Bertz CT molecular complexity index is 701. The number of carbonyl (C=O) groups is 1. The highest BCUT2D eigenvalue weighted by Crippen LogP contribution is 2.21. The normalized spacial score (nSPS) is 15.2. The van der Waals surface area contributed by atoms with Crippen LogP contribution >= 0.6 is 0 Å². The highest BCUT2D eigenvalue weighted by Gasteiger charge is 2.24. The van der Waals surface area contributed by atoms with Crippen molar-refractivity contribution < 1.29 is 13.9 Å². The maximum atomic E-state index is 13.5. The van der Waals surface area contributed by atoms with Crippen LogP contribution in [0.2, 0.25) is 0 Å². The zero-order chi connectivity index (χ0) is 16.9. The summed E-state index contributed by atoms with van der Waals surface area (Å²) < 4.78 is 19.4. The van der Waals surface area contributed by atoms with E-state index in [0.29, 0.717) is 24.3 Å². The molecular weight excluding hydrogens is 309 g/mol. The molecule has 6 heteroatoms. The molecule has 3 rings (SSSR count). The van der Waals surface area contributed by atoms with Crippen LogP contribution in [-0.2, 0) is 0 Å². The fraction of sp³-hybridized carbons (Fsp3) is 0.333. The number of aromatic nitrogens is 1. The van der Waals surface area contributed by atoms with Gasteiger partial charge in [0.1, 0.15) is 17.7 Å². The van der Waals surface area contributed by atoms with Crippen LogP contribution in [-0.4, -0.2) is 35.1 Å². The van der Waals surface area contributed by atoms with Gasteiger partial charge in [0.2, 0.25) is 0 Å². The summed E-state index contributed by atoms with van der Waals surface area (Å²) in [6, 6.07) is 8.12. The predicted octanol–water partition coefficient (Wildman–Crippen LogP) is 3.60. The van der Waals surface area contributed by atoms with E-state index in [2.05, 4.69) is 10.3 Å². The number of hydrogen-bond donors (Lipinski definition) is 1. The van der Waals surface area contributed by atoms with E-state index in [-0.39, 0.29) is 18.0 Å². The second kappa shape index (κ2) is 7.29. The minimum absolute atomic E-state index is 0.0901. The number of carbonyl (C=O) groups excluding carboxylic acids is 1. The fourth-order valence-electron chi connectivity index (χ4n) is 2.72. The maximum Gasteiger partial charge on any atom is 0.321 e. The summed E-state index contributed by atoms with van der Waals surface area (Å²) in [6.45, 7) is 2.87. The van der Waals surface area contributed by atoms with E-state index in [9.17, 15) is 9.18 Å². The first-order chi connectivity index (χ1) is 11.6. The third kappa shape index (κ3) is 3.82. The molecule has 1 aromatic heterocycles. The summed E-state index contributed by atoms with van der Waals surface area (Å²) in [6.07, 6.45) is 5.00. The van der Waals surface area contributed by atoms with E-state index < -0.39 is 0 Å². The second-order valence-electron chi connectivity index (χ2n) is 5.83. The zero-order valence-corrected chi connectivity index (χ0v) is 13.5. The summed E-state index contributed by atoms with van der Waals surface area (Å²) in [4.78, 5) is 18.0. The Labute approximate surface area is 140 Å². The number of nitrogens with zero attached hydrogens (tertiary/aromatic N) is 2. The summed E-state index contributed by atoms with van der Waals surface area (Å²) in [5.74, 6) is 0.473. The van der Waals surface area contributed by atoms with Gasteiger partial charge in [-0.2, -0.15) is 0 Å². The molecule has 0 radical (unpaired) electrons. The molecule has 2 amide bonds.